The number of nitrogens with zero attached hydrogens (tertiary/aromatic N) is 1. The molecule has 0 aliphatic carbocycles. The molecule has 0 aromatic heterocycles. The summed E-state index contributed by atoms with van der Waals surface area (Å²) in [6, 6.07) is 8.07. The quantitative estimate of drug-likeness (QED) is 0.834. The van der Waals surface area contributed by atoms with E-state index in [1.807, 2.05) is 56.9 Å². The van der Waals surface area contributed by atoms with Crippen LogP contribution in [0.2, 0.25) is 0 Å². The van der Waals surface area contributed by atoms with Crippen LogP contribution in [0, 0.1) is 12.8 Å². The van der Waals surface area contributed by atoms with Gasteiger partial charge in [-0.2, -0.15) is 0 Å². The van der Waals surface area contributed by atoms with Crippen LogP contribution in [0.5, 0.6) is 0 Å². The van der Waals surface area contributed by atoms with Gasteiger partial charge in [0.2, 0.25) is 5.91 Å². The maximum atomic E-state index is 12.3. The predicted molar refractivity (Wildman–Crippen MR) is 104 cm³/mol. The van der Waals surface area contributed by atoms with E-state index in [1.54, 1.807) is 6.08 Å². The highest BCUT2D eigenvalue weighted by Gasteiger charge is 2.23. The van der Waals surface area contributed by atoms with Crippen molar-refractivity contribution in [3.05, 3.63) is 41.5 Å². The van der Waals surface area contributed by atoms with Crippen molar-refractivity contribution in [1.82, 2.24) is 10.2 Å². The van der Waals surface area contributed by atoms with Gasteiger partial charge in [-0.05, 0) is 58.1 Å². The number of carbonyl (C=O) groups is 2. The Bertz CT molecular complexity index is 653. The van der Waals surface area contributed by atoms with Crippen molar-refractivity contribution in [1.29, 1.82) is 0 Å². The lowest BCUT2D eigenvalue weighted by atomic mass is 9.97. The Labute approximate surface area is 156 Å². The largest absolute Gasteiger partial charge is 0.444 e. The van der Waals surface area contributed by atoms with Crippen molar-refractivity contribution in [3.63, 3.8) is 0 Å². The van der Waals surface area contributed by atoms with Crippen molar-refractivity contribution in [2.75, 3.05) is 19.6 Å². The lowest BCUT2D eigenvalue weighted by Crippen LogP contribution is -2.41. The fraction of sp³-hybridized carbons (Fsp3) is 0.524. The number of piperidine rings is 1. The normalized spacial score (nSPS) is 15.9. The molecule has 1 N–H and O–H groups in total. The van der Waals surface area contributed by atoms with Gasteiger partial charge in [0.25, 0.3) is 0 Å². The van der Waals surface area contributed by atoms with E-state index in [2.05, 4.69) is 11.4 Å². The molecule has 1 aromatic rings. The zero-order valence-corrected chi connectivity index (χ0v) is 16.2. The van der Waals surface area contributed by atoms with E-state index in [1.165, 1.54) is 5.56 Å². The van der Waals surface area contributed by atoms with Gasteiger partial charge < -0.3 is 15.0 Å². The second-order valence-electron chi connectivity index (χ2n) is 7.90. The zero-order chi connectivity index (χ0) is 19.2. The summed E-state index contributed by atoms with van der Waals surface area (Å²) >= 11 is 0. The number of ether oxygens (including phenoxy) is 1. The maximum Gasteiger partial charge on any atom is 0.407 e. The van der Waals surface area contributed by atoms with Crippen molar-refractivity contribution in [2.45, 2.75) is 46.1 Å². The number of carbonyl (C=O) groups excluding carboxylic acids is 2. The third kappa shape index (κ3) is 6.90. The van der Waals surface area contributed by atoms with E-state index in [0.717, 1.165) is 31.5 Å². The van der Waals surface area contributed by atoms with Gasteiger partial charge in [0.1, 0.15) is 5.60 Å². The number of hydrogen-bond donors (Lipinski definition) is 1. The average Bonchev–Trinajstić information content (AvgIpc) is 2.57. The number of benzene rings is 1. The van der Waals surface area contributed by atoms with Gasteiger partial charge in [-0.25, -0.2) is 4.79 Å². The van der Waals surface area contributed by atoms with Crippen LogP contribution in [0.4, 0.5) is 4.79 Å². The van der Waals surface area contributed by atoms with E-state index in [0.29, 0.717) is 12.5 Å². The van der Waals surface area contributed by atoms with Gasteiger partial charge in [0, 0.05) is 25.7 Å². The molecule has 2 amide bonds. The number of hydrogen-bond acceptors (Lipinski definition) is 3. The standard InChI is InChI=1S/C21H30N2O3/c1-16-6-5-7-17(14-16)8-9-19(24)23-12-10-18(11-13-23)15-22-20(25)26-21(2,3)4/h5-9,14,18H,10-13,15H2,1-4H3,(H,22,25)/b9-8+. The predicted octanol–water partition coefficient (Wildman–Crippen LogP) is 3.77. The average molecular weight is 358 g/mol. The van der Waals surface area contributed by atoms with Gasteiger partial charge in [-0.3, -0.25) is 4.79 Å². The van der Waals surface area contributed by atoms with Gasteiger partial charge in [-0.15, -0.1) is 0 Å². The summed E-state index contributed by atoms with van der Waals surface area (Å²) in [7, 11) is 0. The number of nitrogens with one attached hydrogen (secondary N) is 1. The first-order valence-electron chi connectivity index (χ1n) is 9.23. The first-order valence-corrected chi connectivity index (χ1v) is 9.23. The number of amides is 2. The van der Waals surface area contributed by atoms with Gasteiger partial charge >= 0.3 is 6.09 Å². The SMILES string of the molecule is Cc1cccc(/C=C/C(=O)N2CCC(CNC(=O)OC(C)(C)C)CC2)c1. The number of alkyl carbamates (subject to hydrolysis) is 1. The molecule has 0 radical (unpaired) electrons. The molecule has 1 saturated heterocycles. The first-order chi connectivity index (χ1) is 12.2. The molecular weight excluding hydrogens is 328 g/mol. The summed E-state index contributed by atoms with van der Waals surface area (Å²) < 4.78 is 5.25. The van der Waals surface area contributed by atoms with Crippen LogP contribution in [-0.2, 0) is 9.53 Å². The van der Waals surface area contributed by atoms with Crippen LogP contribution < -0.4 is 5.32 Å². The van der Waals surface area contributed by atoms with Crippen molar-refractivity contribution >= 4 is 18.1 Å². The minimum Gasteiger partial charge on any atom is -0.444 e. The molecule has 0 unspecified atom stereocenters. The van der Waals surface area contributed by atoms with E-state index >= 15 is 0 Å². The summed E-state index contributed by atoms with van der Waals surface area (Å²) in [5, 5.41) is 2.83. The van der Waals surface area contributed by atoms with E-state index in [-0.39, 0.29) is 12.0 Å². The second-order valence-corrected chi connectivity index (χ2v) is 7.90. The molecule has 1 aliphatic heterocycles. The van der Waals surface area contributed by atoms with Gasteiger partial charge in [0.15, 0.2) is 0 Å². The second kappa shape index (κ2) is 8.88. The highest BCUT2D eigenvalue weighted by Crippen LogP contribution is 2.17. The third-order valence-corrected chi connectivity index (χ3v) is 4.32. The monoisotopic (exact) mass is 358 g/mol. The Morgan fingerprint density at radius 1 is 1.27 bits per heavy atom. The number of aryl methyl sites for hydroxylation is 1. The topological polar surface area (TPSA) is 58.6 Å². The molecule has 1 heterocycles. The van der Waals surface area contributed by atoms with Crippen LogP contribution in [0.3, 0.4) is 0 Å². The van der Waals surface area contributed by atoms with Crippen molar-refractivity contribution < 1.29 is 14.3 Å². The van der Waals surface area contributed by atoms with Crippen molar-refractivity contribution in [2.24, 2.45) is 5.92 Å². The smallest absolute Gasteiger partial charge is 0.407 e. The molecule has 0 atom stereocenters. The molecule has 142 valence electrons. The minimum atomic E-state index is -0.483. The Kier molecular flexibility index (Phi) is 6.83. The highest BCUT2D eigenvalue weighted by molar-refractivity contribution is 5.91. The molecule has 1 aromatic carbocycles. The molecule has 1 aliphatic rings. The summed E-state index contributed by atoms with van der Waals surface area (Å²) in [6.45, 7) is 9.61. The van der Waals surface area contributed by atoms with Gasteiger partial charge in [0.05, 0.1) is 0 Å². The molecule has 5 heteroatoms. The Morgan fingerprint density at radius 2 is 1.96 bits per heavy atom. The van der Waals surface area contributed by atoms with Gasteiger partial charge in [-0.1, -0.05) is 29.8 Å². The van der Waals surface area contributed by atoms with Crippen LogP contribution in [0.25, 0.3) is 6.08 Å². The lowest BCUT2D eigenvalue weighted by Gasteiger charge is -2.31. The molecule has 1 fully saturated rings. The van der Waals surface area contributed by atoms with E-state index in [4.69, 9.17) is 4.74 Å². The summed E-state index contributed by atoms with van der Waals surface area (Å²) in [4.78, 5) is 25.9. The number of rotatable bonds is 4. The molecule has 0 saturated carbocycles. The maximum absolute atomic E-state index is 12.3. The Balaban J connectivity index is 1.74. The molecule has 5 nitrogen and oxygen atoms in total. The minimum absolute atomic E-state index is 0.0463. The summed E-state index contributed by atoms with van der Waals surface area (Å²) in [5.74, 6) is 0.428. The molecule has 0 spiro atoms. The number of likely N-dealkylation sites (tertiary alicyclic amines) is 1. The third-order valence-electron chi connectivity index (χ3n) is 4.32. The highest BCUT2D eigenvalue weighted by atomic mass is 16.6. The zero-order valence-electron chi connectivity index (χ0n) is 16.2. The molecule has 26 heavy (non-hydrogen) atoms. The Morgan fingerprint density at radius 3 is 2.58 bits per heavy atom. The molecular formula is C21H30N2O3. The van der Waals surface area contributed by atoms with E-state index < -0.39 is 5.60 Å². The summed E-state index contributed by atoms with van der Waals surface area (Å²) in [6.07, 6.45) is 4.91. The lowest BCUT2D eigenvalue weighted by molar-refractivity contribution is -0.127. The van der Waals surface area contributed by atoms with Crippen LogP contribution in [-0.4, -0.2) is 42.1 Å². The van der Waals surface area contributed by atoms with Crippen LogP contribution >= 0.6 is 0 Å². The Hall–Kier alpha value is -2.30. The van der Waals surface area contributed by atoms with E-state index in [9.17, 15) is 9.59 Å². The summed E-state index contributed by atoms with van der Waals surface area (Å²) in [5.41, 5.74) is 1.73. The van der Waals surface area contributed by atoms with Crippen LogP contribution in [0.15, 0.2) is 30.3 Å². The van der Waals surface area contributed by atoms with Crippen LogP contribution in [0.1, 0.15) is 44.7 Å². The fourth-order valence-electron chi connectivity index (χ4n) is 2.95. The fourth-order valence-corrected chi connectivity index (χ4v) is 2.95. The van der Waals surface area contributed by atoms with Crippen molar-refractivity contribution in [3.8, 4) is 0 Å². The first kappa shape index (κ1) is 20.0. The molecule has 0 bridgehead atoms. The molecule has 2 rings (SSSR count).